The minimum Gasteiger partial charge on any atom is -0.394 e. The van der Waals surface area contributed by atoms with Crippen LogP contribution in [-0.4, -0.2) is 34.9 Å². The molecule has 2 unspecified atom stereocenters. The van der Waals surface area contributed by atoms with Gasteiger partial charge in [0.2, 0.25) is 5.91 Å². The molecule has 0 saturated heterocycles. The van der Waals surface area contributed by atoms with Gasteiger partial charge in [0, 0.05) is 6.42 Å². The number of hydrogen-bond donors (Lipinski definition) is 3. The molecule has 0 rings (SSSR count). The van der Waals surface area contributed by atoms with Crippen LogP contribution in [-0.2, 0) is 4.79 Å². The van der Waals surface area contributed by atoms with Crippen LogP contribution in [0.5, 0.6) is 0 Å². The van der Waals surface area contributed by atoms with Crippen molar-refractivity contribution < 1.29 is 15.0 Å². The van der Waals surface area contributed by atoms with E-state index >= 15 is 0 Å². The predicted octanol–water partition coefficient (Wildman–Crippen LogP) is 5.44. The zero-order valence-corrected chi connectivity index (χ0v) is 18.4. The van der Waals surface area contributed by atoms with E-state index in [1.165, 1.54) is 25.7 Å². The van der Waals surface area contributed by atoms with E-state index in [9.17, 15) is 15.0 Å². The van der Waals surface area contributed by atoms with Gasteiger partial charge in [0.05, 0.1) is 18.8 Å². The molecule has 0 aliphatic heterocycles. The van der Waals surface area contributed by atoms with Gasteiger partial charge in [-0.1, -0.05) is 83.1 Å². The van der Waals surface area contributed by atoms with Gasteiger partial charge in [-0.25, -0.2) is 0 Å². The molecule has 0 aromatic carbocycles. The maximum absolute atomic E-state index is 12.0. The zero-order valence-electron chi connectivity index (χ0n) is 18.4. The van der Waals surface area contributed by atoms with E-state index in [4.69, 9.17) is 0 Å². The molecule has 3 N–H and O–H groups in total. The van der Waals surface area contributed by atoms with Crippen LogP contribution in [0.2, 0.25) is 0 Å². The Morgan fingerprint density at radius 2 is 1.54 bits per heavy atom. The fourth-order valence-electron chi connectivity index (χ4n) is 3.10. The molecule has 0 spiro atoms. The van der Waals surface area contributed by atoms with E-state index < -0.39 is 12.1 Å². The molecular weight excluding hydrogens is 350 g/mol. The normalized spacial score (nSPS) is 14.0. The Labute approximate surface area is 173 Å². The summed E-state index contributed by atoms with van der Waals surface area (Å²) in [5.74, 6) is -0.0624. The van der Waals surface area contributed by atoms with Crippen molar-refractivity contribution in [1.82, 2.24) is 5.32 Å². The van der Waals surface area contributed by atoms with Crippen LogP contribution < -0.4 is 5.32 Å². The Hall–Kier alpha value is -1.13. The summed E-state index contributed by atoms with van der Waals surface area (Å²) in [5, 5.41) is 22.3. The van der Waals surface area contributed by atoms with E-state index in [1.54, 1.807) is 0 Å². The lowest BCUT2D eigenvalue weighted by atomic mass is 10.0. The monoisotopic (exact) mass is 395 g/mol. The molecule has 0 fully saturated rings. The van der Waals surface area contributed by atoms with Crippen LogP contribution >= 0.6 is 0 Å². The van der Waals surface area contributed by atoms with Gasteiger partial charge in [-0.05, 0) is 38.5 Å². The maximum atomic E-state index is 12.0. The van der Waals surface area contributed by atoms with Gasteiger partial charge in [0.1, 0.15) is 0 Å². The summed E-state index contributed by atoms with van der Waals surface area (Å²) in [6.07, 6.45) is 22.6. The lowest BCUT2D eigenvalue weighted by Crippen LogP contribution is -2.45. The summed E-state index contributed by atoms with van der Waals surface area (Å²) in [4.78, 5) is 12.0. The fourth-order valence-corrected chi connectivity index (χ4v) is 3.10. The number of amides is 1. The third-order valence-electron chi connectivity index (χ3n) is 4.95. The number of aliphatic hydroxyl groups is 2. The summed E-state index contributed by atoms with van der Waals surface area (Å²) in [7, 11) is 0. The van der Waals surface area contributed by atoms with E-state index in [1.807, 2.05) is 0 Å². The molecule has 0 heterocycles. The van der Waals surface area contributed by atoms with Crippen molar-refractivity contribution in [1.29, 1.82) is 0 Å². The van der Waals surface area contributed by atoms with Gasteiger partial charge in [0.15, 0.2) is 0 Å². The summed E-state index contributed by atoms with van der Waals surface area (Å²) in [6, 6.07) is -0.534. The average molecular weight is 396 g/mol. The number of allylic oxidation sites excluding steroid dienone is 4. The highest BCUT2D eigenvalue weighted by Crippen LogP contribution is 2.10. The molecule has 0 aliphatic carbocycles. The molecular formula is C24H45NO3. The molecule has 2 atom stereocenters. The van der Waals surface area contributed by atoms with Gasteiger partial charge < -0.3 is 15.5 Å². The van der Waals surface area contributed by atoms with Crippen LogP contribution in [0.25, 0.3) is 0 Å². The van der Waals surface area contributed by atoms with E-state index in [0.29, 0.717) is 12.8 Å². The Bertz CT molecular complexity index is 407. The molecule has 164 valence electrons. The lowest BCUT2D eigenvalue weighted by molar-refractivity contribution is -0.123. The Balaban J connectivity index is 3.63. The van der Waals surface area contributed by atoms with Crippen molar-refractivity contribution in [3.8, 4) is 0 Å². The average Bonchev–Trinajstić information content (AvgIpc) is 2.69. The molecule has 0 bridgehead atoms. The maximum Gasteiger partial charge on any atom is 0.220 e. The number of carbonyl (C=O) groups excluding carboxylic acids is 1. The van der Waals surface area contributed by atoms with Gasteiger partial charge >= 0.3 is 0 Å². The second-order valence-electron chi connectivity index (χ2n) is 7.69. The van der Waals surface area contributed by atoms with Crippen molar-refractivity contribution in [3.05, 3.63) is 24.3 Å². The highest BCUT2D eigenvalue weighted by Gasteiger charge is 2.19. The van der Waals surface area contributed by atoms with Crippen molar-refractivity contribution >= 4 is 5.91 Å². The van der Waals surface area contributed by atoms with Crippen molar-refractivity contribution in [3.63, 3.8) is 0 Å². The molecule has 1 amide bonds. The first kappa shape index (κ1) is 26.9. The topological polar surface area (TPSA) is 69.6 Å². The van der Waals surface area contributed by atoms with E-state index in [2.05, 4.69) is 43.5 Å². The van der Waals surface area contributed by atoms with Crippen LogP contribution in [0, 0.1) is 0 Å². The number of aliphatic hydroxyl groups excluding tert-OH is 2. The van der Waals surface area contributed by atoms with Gasteiger partial charge in [-0.2, -0.15) is 0 Å². The molecule has 28 heavy (non-hydrogen) atoms. The smallest absolute Gasteiger partial charge is 0.220 e. The summed E-state index contributed by atoms with van der Waals surface area (Å²) >= 11 is 0. The highest BCUT2D eigenvalue weighted by atomic mass is 16.3. The lowest BCUT2D eigenvalue weighted by Gasteiger charge is -2.22. The summed E-state index contributed by atoms with van der Waals surface area (Å²) in [5.41, 5.74) is 0. The molecule has 0 radical (unpaired) electrons. The minimum absolute atomic E-state index is 0.0624. The van der Waals surface area contributed by atoms with Crippen LogP contribution in [0.4, 0.5) is 0 Å². The first-order valence-corrected chi connectivity index (χ1v) is 11.5. The summed E-state index contributed by atoms with van der Waals surface area (Å²) in [6.45, 7) is 4.10. The van der Waals surface area contributed by atoms with Gasteiger partial charge in [0.25, 0.3) is 0 Å². The second kappa shape index (κ2) is 20.6. The number of hydrogen-bond acceptors (Lipinski definition) is 3. The first-order chi connectivity index (χ1) is 13.7. The third kappa shape index (κ3) is 17.0. The minimum atomic E-state index is -0.657. The van der Waals surface area contributed by atoms with E-state index in [0.717, 1.165) is 51.4 Å². The molecule has 0 aromatic heterocycles. The van der Waals surface area contributed by atoms with E-state index in [-0.39, 0.29) is 12.5 Å². The second-order valence-corrected chi connectivity index (χ2v) is 7.69. The SMILES string of the molecule is CCC/C=C\C/C=C\CCCCCCCC(=O)NC(CO)C(O)CCCCC. The Kier molecular flexibility index (Phi) is 19.8. The van der Waals surface area contributed by atoms with Gasteiger partial charge in [-0.3, -0.25) is 4.79 Å². The van der Waals surface area contributed by atoms with Crippen molar-refractivity contribution in [2.75, 3.05) is 6.61 Å². The molecule has 4 nitrogen and oxygen atoms in total. The van der Waals surface area contributed by atoms with Crippen LogP contribution in [0.15, 0.2) is 24.3 Å². The standard InChI is InChI=1S/C24H45NO3/c1-3-5-7-8-9-10-11-12-13-14-15-16-18-20-24(28)25-22(21-26)23(27)19-17-6-4-2/h7-8,10-11,22-23,26-27H,3-6,9,12-21H2,1-2H3,(H,25,28)/b8-7-,11-10-. The van der Waals surface area contributed by atoms with Crippen LogP contribution in [0.3, 0.4) is 0 Å². The molecule has 0 aromatic rings. The Morgan fingerprint density at radius 3 is 2.21 bits per heavy atom. The third-order valence-corrected chi connectivity index (χ3v) is 4.95. The number of carbonyl (C=O) groups is 1. The summed E-state index contributed by atoms with van der Waals surface area (Å²) < 4.78 is 0. The molecule has 4 heteroatoms. The largest absolute Gasteiger partial charge is 0.394 e. The van der Waals surface area contributed by atoms with Crippen molar-refractivity contribution in [2.24, 2.45) is 0 Å². The van der Waals surface area contributed by atoms with Gasteiger partial charge in [-0.15, -0.1) is 0 Å². The predicted molar refractivity (Wildman–Crippen MR) is 119 cm³/mol. The quantitative estimate of drug-likeness (QED) is 0.201. The van der Waals surface area contributed by atoms with Crippen LogP contribution in [0.1, 0.15) is 104 Å². The molecule has 0 aliphatic rings. The number of rotatable bonds is 19. The van der Waals surface area contributed by atoms with Crippen molar-refractivity contribution in [2.45, 2.75) is 116 Å². The Morgan fingerprint density at radius 1 is 0.857 bits per heavy atom. The fraction of sp³-hybridized carbons (Fsp3) is 0.792. The highest BCUT2D eigenvalue weighted by molar-refractivity contribution is 5.76. The first-order valence-electron chi connectivity index (χ1n) is 11.5. The number of nitrogens with one attached hydrogen (secondary N) is 1. The number of unbranched alkanes of at least 4 members (excludes halogenated alkanes) is 8. The molecule has 0 saturated carbocycles. The zero-order chi connectivity index (χ0) is 20.9.